The number of ether oxygens (including phenoxy) is 1. The normalized spacial score (nSPS) is 9.47. The number of aliphatic carboxylic acids is 1. The maximum absolute atomic E-state index is 11.3. The number of anilines is 1. The standard InChI is InChI=1S/C12H13NO4/c1-8(2)12(16)13-9-3-5-10(6-4-9)17-7-11(14)15/h3-6H,1,7H2,2H3,(H,13,16)(H,14,15). The van der Waals surface area contributed by atoms with Crippen molar-refractivity contribution >= 4 is 17.6 Å². The molecule has 90 valence electrons. The highest BCUT2D eigenvalue weighted by Gasteiger charge is 2.03. The van der Waals surface area contributed by atoms with Crippen molar-refractivity contribution in [3.8, 4) is 5.75 Å². The lowest BCUT2D eigenvalue weighted by atomic mass is 10.2. The van der Waals surface area contributed by atoms with Crippen LogP contribution in [0.3, 0.4) is 0 Å². The molecule has 0 heterocycles. The summed E-state index contributed by atoms with van der Waals surface area (Å²) >= 11 is 0. The number of carbonyl (C=O) groups is 2. The number of carboxylic acids is 1. The van der Waals surface area contributed by atoms with E-state index in [1.165, 1.54) is 0 Å². The van der Waals surface area contributed by atoms with Gasteiger partial charge in [-0.15, -0.1) is 0 Å². The summed E-state index contributed by atoms with van der Waals surface area (Å²) in [5, 5.41) is 11.0. The van der Waals surface area contributed by atoms with E-state index in [2.05, 4.69) is 11.9 Å². The SMILES string of the molecule is C=C(C)C(=O)Nc1ccc(OCC(=O)O)cc1. The molecular weight excluding hydrogens is 222 g/mol. The smallest absolute Gasteiger partial charge is 0.341 e. The lowest BCUT2D eigenvalue weighted by molar-refractivity contribution is -0.139. The lowest BCUT2D eigenvalue weighted by Gasteiger charge is -2.06. The zero-order valence-electron chi connectivity index (χ0n) is 9.40. The number of hydrogen-bond donors (Lipinski definition) is 2. The van der Waals surface area contributed by atoms with Gasteiger partial charge in [-0.1, -0.05) is 6.58 Å². The van der Waals surface area contributed by atoms with Crippen molar-refractivity contribution in [3.05, 3.63) is 36.4 Å². The zero-order chi connectivity index (χ0) is 12.8. The Bertz CT molecular complexity index is 436. The highest BCUT2D eigenvalue weighted by Crippen LogP contribution is 2.15. The van der Waals surface area contributed by atoms with E-state index in [0.29, 0.717) is 17.0 Å². The second-order valence-corrected chi connectivity index (χ2v) is 3.44. The average Bonchev–Trinajstić information content (AvgIpc) is 2.28. The average molecular weight is 235 g/mol. The van der Waals surface area contributed by atoms with E-state index in [0.717, 1.165) is 0 Å². The van der Waals surface area contributed by atoms with Gasteiger partial charge in [-0.25, -0.2) is 4.79 Å². The quantitative estimate of drug-likeness (QED) is 0.761. The number of amides is 1. The molecule has 0 aromatic heterocycles. The van der Waals surface area contributed by atoms with Crippen molar-refractivity contribution in [2.75, 3.05) is 11.9 Å². The molecule has 0 spiro atoms. The monoisotopic (exact) mass is 235 g/mol. The van der Waals surface area contributed by atoms with Gasteiger partial charge >= 0.3 is 5.97 Å². The van der Waals surface area contributed by atoms with Gasteiger partial charge in [0, 0.05) is 11.3 Å². The van der Waals surface area contributed by atoms with Gasteiger partial charge in [0.05, 0.1) is 0 Å². The molecule has 5 heteroatoms. The van der Waals surface area contributed by atoms with Crippen LogP contribution in [0.25, 0.3) is 0 Å². The molecule has 0 aliphatic carbocycles. The second-order valence-electron chi connectivity index (χ2n) is 3.44. The van der Waals surface area contributed by atoms with E-state index in [-0.39, 0.29) is 5.91 Å². The first kappa shape index (κ1) is 12.8. The summed E-state index contributed by atoms with van der Waals surface area (Å²) in [4.78, 5) is 21.6. The largest absolute Gasteiger partial charge is 0.482 e. The Morgan fingerprint density at radius 1 is 1.35 bits per heavy atom. The summed E-state index contributed by atoms with van der Waals surface area (Å²) in [6.07, 6.45) is 0. The van der Waals surface area contributed by atoms with Crippen molar-refractivity contribution in [2.24, 2.45) is 0 Å². The fourth-order valence-electron chi connectivity index (χ4n) is 1.02. The summed E-state index contributed by atoms with van der Waals surface area (Å²) < 4.78 is 4.95. The molecule has 17 heavy (non-hydrogen) atoms. The van der Waals surface area contributed by atoms with Crippen LogP contribution >= 0.6 is 0 Å². The third kappa shape index (κ3) is 4.38. The predicted molar refractivity (Wildman–Crippen MR) is 63.0 cm³/mol. The minimum atomic E-state index is -1.04. The van der Waals surface area contributed by atoms with Crippen molar-refractivity contribution in [1.29, 1.82) is 0 Å². The fourth-order valence-corrected chi connectivity index (χ4v) is 1.02. The topological polar surface area (TPSA) is 75.6 Å². The highest BCUT2D eigenvalue weighted by atomic mass is 16.5. The molecule has 0 atom stereocenters. The van der Waals surface area contributed by atoms with E-state index >= 15 is 0 Å². The molecule has 0 unspecified atom stereocenters. The fraction of sp³-hybridized carbons (Fsp3) is 0.167. The van der Waals surface area contributed by atoms with E-state index in [4.69, 9.17) is 9.84 Å². The van der Waals surface area contributed by atoms with Gasteiger partial charge in [0.15, 0.2) is 6.61 Å². The van der Waals surface area contributed by atoms with Crippen molar-refractivity contribution in [3.63, 3.8) is 0 Å². The molecule has 0 saturated carbocycles. The second kappa shape index (κ2) is 5.69. The summed E-state index contributed by atoms with van der Waals surface area (Å²) in [6.45, 7) is 4.74. The summed E-state index contributed by atoms with van der Waals surface area (Å²) in [7, 11) is 0. The van der Waals surface area contributed by atoms with Gasteiger partial charge in [-0.05, 0) is 31.2 Å². The van der Waals surface area contributed by atoms with Crippen LogP contribution in [0.2, 0.25) is 0 Å². The minimum Gasteiger partial charge on any atom is -0.482 e. The van der Waals surface area contributed by atoms with Crippen molar-refractivity contribution in [1.82, 2.24) is 0 Å². The van der Waals surface area contributed by atoms with Crippen LogP contribution < -0.4 is 10.1 Å². The summed E-state index contributed by atoms with van der Waals surface area (Å²) in [5.74, 6) is -0.866. The molecule has 0 saturated heterocycles. The van der Waals surface area contributed by atoms with Crippen LogP contribution in [0.4, 0.5) is 5.69 Å². The van der Waals surface area contributed by atoms with Crippen LogP contribution in [0.15, 0.2) is 36.4 Å². The Morgan fingerprint density at radius 2 is 1.94 bits per heavy atom. The number of carboxylic acid groups (broad SMARTS) is 1. The van der Waals surface area contributed by atoms with E-state index in [1.807, 2.05) is 0 Å². The summed E-state index contributed by atoms with van der Waals surface area (Å²) in [5.41, 5.74) is 1.01. The Kier molecular flexibility index (Phi) is 4.28. The zero-order valence-corrected chi connectivity index (χ0v) is 9.40. The Hall–Kier alpha value is -2.30. The lowest BCUT2D eigenvalue weighted by Crippen LogP contribution is -2.12. The van der Waals surface area contributed by atoms with Crippen LogP contribution in [0.5, 0.6) is 5.75 Å². The van der Waals surface area contributed by atoms with Crippen LogP contribution in [-0.4, -0.2) is 23.6 Å². The number of hydrogen-bond acceptors (Lipinski definition) is 3. The third-order valence-electron chi connectivity index (χ3n) is 1.86. The number of carbonyl (C=O) groups excluding carboxylic acids is 1. The van der Waals surface area contributed by atoms with Crippen LogP contribution in [0, 0.1) is 0 Å². The van der Waals surface area contributed by atoms with E-state index < -0.39 is 12.6 Å². The molecule has 1 rings (SSSR count). The van der Waals surface area contributed by atoms with E-state index in [1.54, 1.807) is 31.2 Å². The molecule has 0 aliphatic rings. The van der Waals surface area contributed by atoms with Gasteiger partial charge in [-0.3, -0.25) is 4.79 Å². The molecule has 0 bridgehead atoms. The van der Waals surface area contributed by atoms with Gasteiger partial charge in [0.2, 0.25) is 0 Å². The first-order valence-electron chi connectivity index (χ1n) is 4.90. The molecule has 0 radical (unpaired) electrons. The third-order valence-corrected chi connectivity index (χ3v) is 1.86. The Balaban J connectivity index is 2.58. The minimum absolute atomic E-state index is 0.260. The molecule has 5 nitrogen and oxygen atoms in total. The first-order valence-corrected chi connectivity index (χ1v) is 4.90. The number of nitrogens with one attached hydrogen (secondary N) is 1. The van der Waals surface area contributed by atoms with Gasteiger partial charge in [-0.2, -0.15) is 0 Å². The maximum atomic E-state index is 11.3. The molecule has 1 amide bonds. The van der Waals surface area contributed by atoms with E-state index in [9.17, 15) is 9.59 Å². The van der Waals surface area contributed by atoms with Crippen molar-refractivity contribution < 1.29 is 19.4 Å². The highest BCUT2D eigenvalue weighted by molar-refractivity contribution is 6.02. The molecule has 2 N–H and O–H groups in total. The van der Waals surface area contributed by atoms with Gasteiger partial charge in [0.25, 0.3) is 5.91 Å². The summed E-state index contributed by atoms with van der Waals surface area (Å²) in [6, 6.07) is 6.41. The van der Waals surface area contributed by atoms with Gasteiger partial charge < -0.3 is 15.2 Å². The molecular formula is C12H13NO4. The molecule has 1 aromatic rings. The van der Waals surface area contributed by atoms with Gasteiger partial charge in [0.1, 0.15) is 5.75 Å². The maximum Gasteiger partial charge on any atom is 0.341 e. The van der Waals surface area contributed by atoms with Crippen LogP contribution in [-0.2, 0) is 9.59 Å². The molecule has 0 fully saturated rings. The molecule has 0 aliphatic heterocycles. The Labute approximate surface area is 98.7 Å². The van der Waals surface area contributed by atoms with Crippen molar-refractivity contribution in [2.45, 2.75) is 6.92 Å². The number of rotatable bonds is 5. The first-order chi connectivity index (χ1) is 7.99. The molecule has 1 aromatic carbocycles. The Morgan fingerprint density at radius 3 is 2.41 bits per heavy atom. The number of benzene rings is 1. The predicted octanol–water partition coefficient (Wildman–Crippen LogP) is 1.66. The van der Waals surface area contributed by atoms with Crippen LogP contribution in [0.1, 0.15) is 6.92 Å².